The average molecular weight is 179 g/mol. The number of nitrogens with two attached hydrogens (primary N) is 1. The number of nitrogens with one attached hydrogen (secondary N) is 1. The molecular weight excluding hydrogens is 166 g/mol. The summed E-state index contributed by atoms with van der Waals surface area (Å²) in [4.78, 5) is 18.3. The number of nitrogen functional groups attached to an aromatic ring is 1. The molecule has 1 aromatic rings. The van der Waals surface area contributed by atoms with Gasteiger partial charge in [-0.15, -0.1) is 0 Å². The van der Waals surface area contributed by atoms with E-state index in [0.29, 0.717) is 11.4 Å². The van der Waals surface area contributed by atoms with Gasteiger partial charge in [-0.1, -0.05) is 6.92 Å². The fourth-order valence-electron chi connectivity index (χ4n) is 1.26. The van der Waals surface area contributed by atoms with E-state index in [0.717, 1.165) is 18.7 Å². The largest absolute Gasteiger partial charge is 0.383 e. The van der Waals surface area contributed by atoms with Gasteiger partial charge in [-0.05, 0) is 19.8 Å². The molecule has 1 aliphatic rings. The molecule has 1 fully saturated rings. The Morgan fingerprint density at radius 2 is 2.15 bits per heavy atom. The first-order valence-corrected chi connectivity index (χ1v) is 4.40. The predicted octanol–water partition coefficient (Wildman–Crippen LogP) is 0.712. The van der Waals surface area contributed by atoms with Crippen LogP contribution in [0.1, 0.15) is 31.2 Å². The first-order valence-electron chi connectivity index (χ1n) is 4.40. The van der Waals surface area contributed by atoms with Gasteiger partial charge in [0.1, 0.15) is 11.6 Å². The molecule has 0 aliphatic heterocycles. The number of hydrogen-bond donors (Lipinski definition) is 2. The van der Waals surface area contributed by atoms with Gasteiger partial charge in [0.25, 0.3) is 5.56 Å². The topological polar surface area (TPSA) is 71.8 Å². The van der Waals surface area contributed by atoms with Crippen LogP contribution in [0.4, 0.5) is 5.82 Å². The molecule has 70 valence electrons. The van der Waals surface area contributed by atoms with Crippen molar-refractivity contribution in [2.24, 2.45) is 0 Å². The number of anilines is 1. The van der Waals surface area contributed by atoms with Crippen LogP contribution < -0.4 is 11.3 Å². The van der Waals surface area contributed by atoms with Crippen molar-refractivity contribution < 1.29 is 0 Å². The number of hydrogen-bond acceptors (Lipinski definition) is 3. The summed E-state index contributed by atoms with van der Waals surface area (Å²) in [7, 11) is 0. The highest BCUT2D eigenvalue weighted by Crippen LogP contribution is 2.45. The summed E-state index contributed by atoms with van der Waals surface area (Å²) in [6.07, 6.45) is 2.16. The lowest BCUT2D eigenvalue weighted by Gasteiger charge is -2.08. The minimum Gasteiger partial charge on any atom is -0.383 e. The van der Waals surface area contributed by atoms with Crippen LogP contribution in [0.2, 0.25) is 0 Å². The monoisotopic (exact) mass is 179 g/mol. The zero-order valence-electron chi connectivity index (χ0n) is 7.85. The van der Waals surface area contributed by atoms with Gasteiger partial charge in [0.15, 0.2) is 0 Å². The van der Waals surface area contributed by atoms with Gasteiger partial charge in [0.05, 0.1) is 5.56 Å². The van der Waals surface area contributed by atoms with E-state index >= 15 is 0 Å². The summed E-state index contributed by atoms with van der Waals surface area (Å²) in [5.41, 5.74) is 6.08. The smallest absolute Gasteiger partial charge is 0.255 e. The quantitative estimate of drug-likeness (QED) is 0.667. The molecule has 0 radical (unpaired) electrons. The summed E-state index contributed by atoms with van der Waals surface area (Å²) in [5, 5.41) is 0. The van der Waals surface area contributed by atoms with Crippen molar-refractivity contribution in [2.45, 2.75) is 32.1 Å². The van der Waals surface area contributed by atoms with E-state index in [1.807, 2.05) is 0 Å². The highest BCUT2D eigenvalue weighted by atomic mass is 16.1. The molecule has 13 heavy (non-hydrogen) atoms. The van der Waals surface area contributed by atoms with E-state index in [9.17, 15) is 4.79 Å². The van der Waals surface area contributed by atoms with E-state index < -0.39 is 0 Å². The molecule has 1 heterocycles. The third-order valence-corrected chi connectivity index (χ3v) is 2.76. The van der Waals surface area contributed by atoms with Crippen LogP contribution in [0, 0.1) is 6.92 Å². The Morgan fingerprint density at radius 3 is 2.62 bits per heavy atom. The van der Waals surface area contributed by atoms with E-state index in [1.54, 1.807) is 6.92 Å². The van der Waals surface area contributed by atoms with Crippen molar-refractivity contribution >= 4 is 5.82 Å². The van der Waals surface area contributed by atoms with Crippen LogP contribution in [0.5, 0.6) is 0 Å². The lowest BCUT2D eigenvalue weighted by molar-refractivity contribution is 0.702. The van der Waals surface area contributed by atoms with Crippen molar-refractivity contribution in [3.8, 4) is 0 Å². The molecule has 0 saturated heterocycles. The number of rotatable bonds is 1. The summed E-state index contributed by atoms with van der Waals surface area (Å²) < 4.78 is 0. The molecule has 3 N–H and O–H groups in total. The van der Waals surface area contributed by atoms with Gasteiger partial charge in [-0.3, -0.25) is 4.79 Å². The maximum atomic E-state index is 11.4. The lowest BCUT2D eigenvalue weighted by Crippen LogP contribution is -2.20. The second kappa shape index (κ2) is 2.34. The van der Waals surface area contributed by atoms with E-state index in [1.165, 1.54) is 0 Å². The van der Waals surface area contributed by atoms with Gasteiger partial charge in [0.2, 0.25) is 0 Å². The average Bonchev–Trinajstić information content (AvgIpc) is 2.80. The molecule has 0 unspecified atom stereocenters. The maximum absolute atomic E-state index is 11.4. The number of nitrogens with zero attached hydrogens (tertiary/aromatic N) is 1. The summed E-state index contributed by atoms with van der Waals surface area (Å²) in [6.45, 7) is 3.76. The first kappa shape index (κ1) is 8.29. The van der Waals surface area contributed by atoms with Crippen LogP contribution in [0.3, 0.4) is 0 Å². The Morgan fingerprint density at radius 1 is 1.54 bits per heavy atom. The summed E-state index contributed by atoms with van der Waals surface area (Å²) in [6, 6.07) is 0. The van der Waals surface area contributed by atoms with Crippen molar-refractivity contribution in [1.29, 1.82) is 0 Å². The van der Waals surface area contributed by atoms with Crippen LogP contribution in [0.15, 0.2) is 4.79 Å². The first-order chi connectivity index (χ1) is 6.03. The maximum Gasteiger partial charge on any atom is 0.255 e. The number of aromatic amines is 1. The standard InChI is InChI=1S/C9H13N3O/c1-5-6(10)11-8(12-7(5)13)9(2)3-4-9/h3-4H2,1-2H3,(H3,10,11,12,13). The van der Waals surface area contributed by atoms with Gasteiger partial charge >= 0.3 is 0 Å². The molecule has 1 aromatic heterocycles. The zero-order chi connectivity index (χ0) is 9.64. The predicted molar refractivity (Wildman–Crippen MR) is 50.6 cm³/mol. The minimum absolute atomic E-state index is 0.0704. The highest BCUT2D eigenvalue weighted by Gasteiger charge is 2.41. The Kier molecular flexibility index (Phi) is 1.49. The van der Waals surface area contributed by atoms with Gasteiger partial charge in [0, 0.05) is 5.41 Å². The summed E-state index contributed by atoms with van der Waals surface area (Å²) >= 11 is 0. The van der Waals surface area contributed by atoms with E-state index in [4.69, 9.17) is 5.73 Å². The van der Waals surface area contributed by atoms with Crippen LogP contribution in [-0.4, -0.2) is 9.97 Å². The Balaban J connectivity index is 2.56. The minimum atomic E-state index is -0.115. The molecule has 1 saturated carbocycles. The van der Waals surface area contributed by atoms with Crippen LogP contribution in [0.25, 0.3) is 0 Å². The molecule has 4 nitrogen and oxygen atoms in total. The van der Waals surface area contributed by atoms with E-state index in [2.05, 4.69) is 16.9 Å². The van der Waals surface area contributed by atoms with Crippen molar-refractivity contribution in [2.75, 3.05) is 5.73 Å². The van der Waals surface area contributed by atoms with Crippen molar-refractivity contribution in [3.63, 3.8) is 0 Å². The summed E-state index contributed by atoms with van der Waals surface area (Å²) in [5.74, 6) is 1.09. The Bertz CT molecular complexity index is 404. The SMILES string of the molecule is Cc1c(N)nc(C2(C)CC2)[nH]c1=O. The Labute approximate surface area is 76.2 Å². The number of H-pyrrole nitrogens is 1. The molecule has 4 heteroatoms. The second-order valence-corrected chi connectivity index (χ2v) is 3.99. The molecule has 0 atom stereocenters. The molecule has 0 aromatic carbocycles. The zero-order valence-corrected chi connectivity index (χ0v) is 7.85. The molecular formula is C9H13N3O. The fourth-order valence-corrected chi connectivity index (χ4v) is 1.26. The molecule has 2 rings (SSSR count). The van der Waals surface area contributed by atoms with Gasteiger partial charge in [-0.25, -0.2) is 4.98 Å². The third-order valence-electron chi connectivity index (χ3n) is 2.76. The molecule has 0 bridgehead atoms. The highest BCUT2D eigenvalue weighted by molar-refractivity contribution is 5.37. The second-order valence-electron chi connectivity index (χ2n) is 3.99. The molecule has 0 spiro atoms. The molecule has 1 aliphatic carbocycles. The Hall–Kier alpha value is -1.32. The van der Waals surface area contributed by atoms with Crippen LogP contribution >= 0.6 is 0 Å². The third kappa shape index (κ3) is 1.22. The van der Waals surface area contributed by atoms with Gasteiger partial charge in [-0.2, -0.15) is 0 Å². The molecule has 0 amide bonds. The van der Waals surface area contributed by atoms with Crippen LogP contribution in [-0.2, 0) is 5.41 Å². The van der Waals surface area contributed by atoms with Crippen molar-refractivity contribution in [1.82, 2.24) is 9.97 Å². The lowest BCUT2D eigenvalue weighted by atomic mass is 10.1. The van der Waals surface area contributed by atoms with E-state index in [-0.39, 0.29) is 11.0 Å². The normalized spacial score (nSPS) is 18.6. The van der Waals surface area contributed by atoms with Gasteiger partial charge < -0.3 is 10.7 Å². The van der Waals surface area contributed by atoms with Crippen molar-refractivity contribution in [3.05, 3.63) is 21.7 Å². The fraction of sp³-hybridized carbons (Fsp3) is 0.556. The number of aromatic nitrogens is 2.